The van der Waals surface area contributed by atoms with Gasteiger partial charge in [0.1, 0.15) is 5.75 Å². The Morgan fingerprint density at radius 2 is 1.79 bits per heavy atom. The van der Waals surface area contributed by atoms with Crippen LogP contribution in [0.4, 0.5) is 5.69 Å². The number of anilines is 1. The summed E-state index contributed by atoms with van der Waals surface area (Å²) in [5.74, 6) is 0.773. The summed E-state index contributed by atoms with van der Waals surface area (Å²) in [5, 5.41) is 4.52. The molecule has 0 aliphatic rings. The van der Waals surface area contributed by atoms with E-state index in [0.717, 1.165) is 28.1 Å². The van der Waals surface area contributed by atoms with Crippen molar-refractivity contribution in [1.29, 1.82) is 0 Å². The van der Waals surface area contributed by atoms with E-state index in [-0.39, 0.29) is 4.90 Å². The first-order chi connectivity index (χ1) is 13.2. The van der Waals surface area contributed by atoms with Gasteiger partial charge in [-0.2, -0.15) is 5.10 Å². The minimum absolute atomic E-state index is 0.245. The first-order valence-electron chi connectivity index (χ1n) is 8.98. The second kappa shape index (κ2) is 7.67. The van der Waals surface area contributed by atoms with Crippen molar-refractivity contribution in [2.24, 2.45) is 0 Å². The fourth-order valence-corrected chi connectivity index (χ4v) is 4.28. The number of rotatable bonds is 6. The van der Waals surface area contributed by atoms with Gasteiger partial charge in [-0.25, -0.2) is 8.42 Å². The number of sulfonamides is 1. The zero-order valence-corrected chi connectivity index (χ0v) is 17.6. The van der Waals surface area contributed by atoms with E-state index in [1.54, 1.807) is 30.8 Å². The molecule has 2 aromatic carbocycles. The molecule has 1 N–H and O–H groups in total. The molecule has 3 rings (SSSR count). The summed E-state index contributed by atoms with van der Waals surface area (Å²) in [7, 11) is -2.06. The first kappa shape index (κ1) is 19.9. The summed E-state index contributed by atoms with van der Waals surface area (Å²) in [6.45, 7) is 8.04. The zero-order valence-electron chi connectivity index (χ0n) is 16.8. The lowest BCUT2D eigenvalue weighted by atomic mass is 10.1. The van der Waals surface area contributed by atoms with Crippen molar-refractivity contribution in [2.75, 3.05) is 11.8 Å². The van der Waals surface area contributed by atoms with Crippen molar-refractivity contribution in [3.8, 4) is 5.75 Å². The summed E-state index contributed by atoms with van der Waals surface area (Å²) in [6, 6.07) is 12.8. The predicted molar refractivity (Wildman–Crippen MR) is 111 cm³/mol. The Bertz CT molecular complexity index is 1120. The molecule has 0 amide bonds. The van der Waals surface area contributed by atoms with Crippen LogP contribution in [0.2, 0.25) is 0 Å². The van der Waals surface area contributed by atoms with Gasteiger partial charge in [0.15, 0.2) is 0 Å². The van der Waals surface area contributed by atoms with E-state index in [9.17, 15) is 8.42 Å². The minimum Gasteiger partial charge on any atom is -0.497 e. The zero-order chi connectivity index (χ0) is 20.5. The van der Waals surface area contributed by atoms with Crippen molar-refractivity contribution in [3.05, 3.63) is 70.5 Å². The van der Waals surface area contributed by atoms with E-state index in [2.05, 4.69) is 9.82 Å². The van der Waals surface area contributed by atoms with Crippen LogP contribution in [0, 0.1) is 27.7 Å². The first-order valence-corrected chi connectivity index (χ1v) is 10.5. The Kier molecular flexibility index (Phi) is 5.47. The molecule has 0 radical (unpaired) electrons. The van der Waals surface area contributed by atoms with Gasteiger partial charge in [0, 0.05) is 0 Å². The standard InChI is InChI=1S/C21H25N3O3S/c1-14-9-10-20(11-15(14)2)28(25,26)23-21-16(3)22-24(17(21)4)13-18-7-6-8-19(12-18)27-5/h6-12,23H,13H2,1-5H3. The SMILES string of the molecule is COc1cccc(Cn2nc(C)c(NS(=O)(=O)c3ccc(C)c(C)c3)c2C)c1. The molecule has 1 aromatic heterocycles. The van der Waals surface area contributed by atoms with Crippen LogP contribution in [0.3, 0.4) is 0 Å². The maximum Gasteiger partial charge on any atom is 0.262 e. The second-order valence-corrected chi connectivity index (χ2v) is 8.59. The molecular formula is C21H25N3O3S. The Labute approximate surface area is 166 Å². The van der Waals surface area contributed by atoms with Gasteiger partial charge in [-0.15, -0.1) is 0 Å². The normalized spacial score (nSPS) is 11.5. The third kappa shape index (κ3) is 4.04. The monoisotopic (exact) mass is 399 g/mol. The number of nitrogens with zero attached hydrogens (tertiary/aromatic N) is 2. The molecule has 0 unspecified atom stereocenters. The number of methoxy groups -OCH3 is 1. The Morgan fingerprint density at radius 1 is 1.04 bits per heavy atom. The number of benzene rings is 2. The number of aryl methyl sites for hydroxylation is 3. The Morgan fingerprint density at radius 3 is 2.46 bits per heavy atom. The molecular weight excluding hydrogens is 374 g/mol. The maximum absolute atomic E-state index is 12.9. The number of hydrogen-bond donors (Lipinski definition) is 1. The Hall–Kier alpha value is -2.80. The highest BCUT2D eigenvalue weighted by atomic mass is 32.2. The summed E-state index contributed by atoms with van der Waals surface area (Å²) in [4.78, 5) is 0.245. The van der Waals surface area contributed by atoms with Crippen LogP contribution in [0.15, 0.2) is 47.4 Å². The molecule has 0 aliphatic heterocycles. The molecule has 0 saturated carbocycles. The van der Waals surface area contributed by atoms with Crippen LogP contribution in [0.1, 0.15) is 28.1 Å². The van der Waals surface area contributed by atoms with Gasteiger partial charge in [0.2, 0.25) is 0 Å². The van der Waals surface area contributed by atoms with E-state index in [1.807, 2.05) is 51.1 Å². The summed E-state index contributed by atoms with van der Waals surface area (Å²) < 4.78 is 35.5. The Balaban J connectivity index is 1.90. The molecule has 0 spiro atoms. The molecule has 0 aliphatic carbocycles. The third-order valence-electron chi connectivity index (χ3n) is 4.87. The lowest BCUT2D eigenvalue weighted by Gasteiger charge is -2.11. The van der Waals surface area contributed by atoms with Crippen molar-refractivity contribution in [2.45, 2.75) is 39.1 Å². The number of aromatic nitrogens is 2. The smallest absolute Gasteiger partial charge is 0.262 e. The van der Waals surface area contributed by atoms with E-state index in [4.69, 9.17) is 4.74 Å². The molecule has 148 valence electrons. The van der Waals surface area contributed by atoms with Crippen molar-refractivity contribution in [1.82, 2.24) is 9.78 Å². The van der Waals surface area contributed by atoms with Gasteiger partial charge in [-0.05, 0) is 68.7 Å². The van der Waals surface area contributed by atoms with Gasteiger partial charge < -0.3 is 4.74 Å². The van der Waals surface area contributed by atoms with E-state index in [0.29, 0.717) is 17.9 Å². The lowest BCUT2D eigenvalue weighted by Crippen LogP contribution is -2.14. The van der Waals surface area contributed by atoms with Crippen molar-refractivity contribution in [3.63, 3.8) is 0 Å². The quantitative estimate of drug-likeness (QED) is 0.681. The average Bonchev–Trinajstić information content (AvgIpc) is 2.91. The van der Waals surface area contributed by atoms with Crippen molar-refractivity contribution < 1.29 is 13.2 Å². The molecule has 0 bridgehead atoms. The van der Waals surface area contributed by atoms with Crippen LogP contribution in [0.5, 0.6) is 5.75 Å². The number of nitrogens with one attached hydrogen (secondary N) is 1. The lowest BCUT2D eigenvalue weighted by molar-refractivity contribution is 0.414. The highest BCUT2D eigenvalue weighted by Gasteiger charge is 2.20. The molecule has 0 saturated heterocycles. The van der Waals surface area contributed by atoms with Gasteiger partial charge in [0.05, 0.1) is 35.6 Å². The molecule has 7 heteroatoms. The predicted octanol–water partition coefficient (Wildman–Crippen LogP) is 3.97. The molecule has 3 aromatic rings. The van der Waals surface area contributed by atoms with E-state index in [1.165, 1.54) is 0 Å². The second-order valence-electron chi connectivity index (χ2n) is 6.91. The van der Waals surface area contributed by atoms with E-state index < -0.39 is 10.0 Å². The van der Waals surface area contributed by atoms with Crippen LogP contribution >= 0.6 is 0 Å². The fourth-order valence-electron chi connectivity index (χ4n) is 3.02. The molecule has 1 heterocycles. The van der Waals surface area contributed by atoms with Gasteiger partial charge in [0.25, 0.3) is 10.0 Å². The number of hydrogen-bond acceptors (Lipinski definition) is 4. The average molecular weight is 400 g/mol. The van der Waals surface area contributed by atoms with E-state index >= 15 is 0 Å². The third-order valence-corrected chi connectivity index (χ3v) is 6.22. The highest BCUT2D eigenvalue weighted by Crippen LogP contribution is 2.25. The van der Waals surface area contributed by atoms with Crippen LogP contribution in [-0.2, 0) is 16.6 Å². The van der Waals surface area contributed by atoms with Crippen LogP contribution in [0.25, 0.3) is 0 Å². The molecule has 0 atom stereocenters. The van der Waals surface area contributed by atoms with Gasteiger partial charge in [-0.3, -0.25) is 9.40 Å². The van der Waals surface area contributed by atoms with Gasteiger partial charge >= 0.3 is 0 Å². The van der Waals surface area contributed by atoms with Crippen molar-refractivity contribution >= 4 is 15.7 Å². The highest BCUT2D eigenvalue weighted by molar-refractivity contribution is 7.92. The molecule has 0 fully saturated rings. The largest absolute Gasteiger partial charge is 0.497 e. The van der Waals surface area contributed by atoms with Crippen LogP contribution in [-0.4, -0.2) is 25.3 Å². The topological polar surface area (TPSA) is 73.2 Å². The van der Waals surface area contributed by atoms with Gasteiger partial charge in [-0.1, -0.05) is 18.2 Å². The summed E-state index contributed by atoms with van der Waals surface area (Å²) >= 11 is 0. The maximum atomic E-state index is 12.9. The summed E-state index contributed by atoms with van der Waals surface area (Å²) in [6.07, 6.45) is 0. The fraction of sp³-hybridized carbons (Fsp3) is 0.286. The minimum atomic E-state index is -3.69. The molecule has 6 nitrogen and oxygen atoms in total. The molecule has 28 heavy (non-hydrogen) atoms. The van der Waals surface area contributed by atoms with Crippen LogP contribution < -0.4 is 9.46 Å². The number of ether oxygens (including phenoxy) is 1. The summed E-state index contributed by atoms with van der Waals surface area (Å²) in [5.41, 5.74) is 4.91.